The number of rotatable bonds is 7. The Hall–Kier alpha value is -2.92. The highest BCUT2D eigenvalue weighted by Crippen LogP contribution is 2.28. The molecule has 1 aromatic heterocycles. The molecule has 0 saturated heterocycles. The minimum atomic E-state index is 0.552. The highest BCUT2D eigenvalue weighted by Gasteiger charge is 2.10. The van der Waals surface area contributed by atoms with Crippen molar-refractivity contribution < 1.29 is 9.53 Å². The van der Waals surface area contributed by atoms with E-state index in [2.05, 4.69) is 21.4 Å². The van der Waals surface area contributed by atoms with Gasteiger partial charge < -0.3 is 14.2 Å². The van der Waals surface area contributed by atoms with E-state index in [0.717, 1.165) is 41.9 Å². The van der Waals surface area contributed by atoms with Crippen LogP contribution in [0.5, 0.6) is 11.5 Å². The molecule has 0 aliphatic carbocycles. The molecule has 0 atom stereocenters. The van der Waals surface area contributed by atoms with Crippen molar-refractivity contribution in [2.24, 2.45) is 7.05 Å². The SMILES string of the molecule is CCc1ccc(C=O)c(Oc2ccc(-c3cnc(CN(C)C)n3C)cc2)c1. The summed E-state index contributed by atoms with van der Waals surface area (Å²) in [7, 11) is 6.08. The van der Waals surface area contributed by atoms with Gasteiger partial charge in [-0.15, -0.1) is 0 Å². The zero-order valence-electron chi connectivity index (χ0n) is 16.3. The van der Waals surface area contributed by atoms with Crippen molar-refractivity contribution in [1.29, 1.82) is 0 Å². The van der Waals surface area contributed by atoms with Crippen molar-refractivity contribution in [3.63, 3.8) is 0 Å². The fourth-order valence-electron chi connectivity index (χ4n) is 2.95. The molecule has 5 nitrogen and oxygen atoms in total. The summed E-state index contributed by atoms with van der Waals surface area (Å²) in [6.45, 7) is 2.87. The van der Waals surface area contributed by atoms with Crippen molar-refractivity contribution in [1.82, 2.24) is 14.5 Å². The van der Waals surface area contributed by atoms with Crippen LogP contribution in [-0.4, -0.2) is 34.8 Å². The second kappa shape index (κ2) is 8.18. The second-order valence-corrected chi connectivity index (χ2v) is 6.83. The summed E-state index contributed by atoms with van der Waals surface area (Å²) in [6.07, 6.45) is 3.61. The van der Waals surface area contributed by atoms with Crippen LogP contribution in [0.2, 0.25) is 0 Å². The lowest BCUT2D eigenvalue weighted by Crippen LogP contribution is -2.14. The van der Waals surface area contributed by atoms with Crippen molar-refractivity contribution in [2.45, 2.75) is 19.9 Å². The summed E-state index contributed by atoms with van der Waals surface area (Å²) in [4.78, 5) is 17.9. The second-order valence-electron chi connectivity index (χ2n) is 6.83. The van der Waals surface area contributed by atoms with Crippen LogP contribution in [0.25, 0.3) is 11.3 Å². The molecular formula is C22H25N3O2. The number of nitrogens with zero attached hydrogens (tertiary/aromatic N) is 3. The van der Waals surface area contributed by atoms with Crippen LogP contribution in [0.15, 0.2) is 48.7 Å². The Kier molecular flexibility index (Phi) is 5.72. The first-order valence-corrected chi connectivity index (χ1v) is 9.03. The van der Waals surface area contributed by atoms with Crippen LogP contribution in [-0.2, 0) is 20.0 Å². The van der Waals surface area contributed by atoms with Crippen LogP contribution in [0.3, 0.4) is 0 Å². The molecule has 0 fully saturated rings. The number of carbonyl (C=O) groups is 1. The minimum absolute atomic E-state index is 0.552. The third-order valence-electron chi connectivity index (χ3n) is 4.53. The van der Waals surface area contributed by atoms with Crippen molar-refractivity contribution in [2.75, 3.05) is 14.1 Å². The summed E-state index contributed by atoms with van der Waals surface area (Å²) in [5.74, 6) is 2.30. The topological polar surface area (TPSA) is 47.4 Å². The first kappa shape index (κ1) is 18.9. The van der Waals surface area contributed by atoms with E-state index in [4.69, 9.17) is 4.74 Å². The Morgan fingerprint density at radius 3 is 2.52 bits per heavy atom. The van der Waals surface area contributed by atoms with E-state index in [9.17, 15) is 4.79 Å². The zero-order chi connectivity index (χ0) is 19.4. The predicted octanol–water partition coefficient (Wildman–Crippen LogP) is 4.32. The van der Waals surface area contributed by atoms with E-state index in [1.807, 2.05) is 63.7 Å². The zero-order valence-corrected chi connectivity index (χ0v) is 16.3. The van der Waals surface area contributed by atoms with Crippen LogP contribution >= 0.6 is 0 Å². The molecule has 0 N–H and O–H groups in total. The summed E-state index contributed by atoms with van der Waals surface area (Å²) in [5.41, 5.74) is 3.81. The van der Waals surface area contributed by atoms with Gasteiger partial charge in [-0.2, -0.15) is 0 Å². The largest absolute Gasteiger partial charge is 0.457 e. The number of hydrogen-bond donors (Lipinski definition) is 0. The Bertz CT molecular complexity index is 927. The van der Waals surface area contributed by atoms with Crippen LogP contribution in [0.1, 0.15) is 28.7 Å². The minimum Gasteiger partial charge on any atom is -0.457 e. The normalized spacial score (nSPS) is 11.0. The maximum Gasteiger partial charge on any atom is 0.153 e. The molecule has 27 heavy (non-hydrogen) atoms. The molecule has 0 radical (unpaired) electrons. The fourth-order valence-corrected chi connectivity index (χ4v) is 2.95. The van der Waals surface area contributed by atoms with Gasteiger partial charge in [0.25, 0.3) is 0 Å². The molecule has 5 heteroatoms. The highest BCUT2D eigenvalue weighted by atomic mass is 16.5. The molecule has 0 aliphatic heterocycles. The molecule has 3 rings (SSSR count). The number of aromatic nitrogens is 2. The summed E-state index contributed by atoms with van der Waals surface area (Å²) in [6, 6.07) is 13.5. The van der Waals surface area contributed by atoms with Gasteiger partial charge in [-0.1, -0.05) is 13.0 Å². The molecule has 0 aliphatic rings. The number of benzene rings is 2. The van der Waals surface area contributed by atoms with Crippen LogP contribution in [0, 0.1) is 0 Å². The standard InChI is InChI=1S/C22H25N3O2/c1-5-16-6-7-18(15-26)21(12-16)27-19-10-8-17(9-11-19)20-13-23-22(25(20)4)14-24(2)3/h6-13,15H,5,14H2,1-4H3. The number of aldehydes is 1. The number of carbonyl (C=O) groups excluding carboxylic acids is 1. The molecule has 3 aromatic rings. The van der Waals surface area contributed by atoms with Gasteiger partial charge in [0.1, 0.15) is 17.3 Å². The van der Waals surface area contributed by atoms with Crippen molar-refractivity contribution in [3.05, 3.63) is 65.6 Å². The molecule has 1 heterocycles. The Labute approximate surface area is 160 Å². The maximum absolute atomic E-state index is 11.3. The molecule has 0 bridgehead atoms. The van der Waals surface area contributed by atoms with Gasteiger partial charge >= 0.3 is 0 Å². The molecule has 0 unspecified atom stereocenters. The third kappa shape index (κ3) is 4.26. The maximum atomic E-state index is 11.3. The van der Waals surface area contributed by atoms with E-state index in [1.54, 1.807) is 6.07 Å². The monoisotopic (exact) mass is 363 g/mol. The average molecular weight is 363 g/mol. The summed E-state index contributed by atoms with van der Waals surface area (Å²) >= 11 is 0. The van der Waals surface area contributed by atoms with Gasteiger partial charge in [-0.05, 0) is 62.5 Å². The molecule has 0 spiro atoms. The molecule has 0 saturated carbocycles. The molecule has 0 amide bonds. The summed E-state index contributed by atoms with van der Waals surface area (Å²) < 4.78 is 8.06. The Morgan fingerprint density at radius 2 is 1.89 bits per heavy atom. The fraction of sp³-hybridized carbons (Fsp3) is 0.273. The first-order valence-electron chi connectivity index (χ1n) is 9.03. The van der Waals surface area contributed by atoms with E-state index >= 15 is 0 Å². The lowest BCUT2D eigenvalue weighted by Gasteiger charge is -2.12. The Balaban J connectivity index is 1.82. The van der Waals surface area contributed by atoms with E-state index in [0.29, 0.717) is 17.1 Å². The third-order valence-corrected chi connectivity index (χ3v) is 4.53. The predicted molar refractivity (Wildman–Crippen MR) is 107 cm³/mol. The van der Waals surface area contributed by atoms with Gasteiger partial charge in [0.2, 0.25) is 0 Å². The quantitative estimate of drug-likeness (QED) is 0.587. The van der Waals surface area contributed by atoms with Gasteiger partial charge in [0.15, 0.2) is 6.29 Å². The van der Waals surface area contributed by atoms with Crippen LogP contribution < -0.4 is 4.74 Å². The molecule has 2 aromatic carbocycles. The average Bonchev–Trinajstić information content (AvgIpc) is 3.02. The lowest BCUT2D eigenvalue weighted by atomic mass is 10.1. The molecular weight excluding hydrogens is 338 g/mol. The van der Waals surface area contributed by atoms with E-state index in [1.165, 1.54) is 0 Å². The first-order chi connectivity index (χ1) is 13.0. The van der Waals surface area contributed by atoms with Gasteiger partial charge in [-0.25, -0.2) is 4.98 Å². The number of hydrogen-bond acceptors (Lipinski definition) is 4. The number of aryl methyl sites for hydroxylation is 1. The van der Waals surface area contributed by atoms with Gasteiger partial charge in [0.05, 0.1) is 24.0 Å². The van der Waals surface area contributed by atoms with Crippen LogP contribution in [0.4, 0.5) is 0 Å². The smallest absolute Gasteiger partial charge is 0.153 e. The Morgan fingerprint density at radius 1 is 1.15 bits per heavy atom. The van der Waals surface area contributed by atoms with E-state index in [-0.39, 0.29) is 0 Å². The summed E-state index contributed by atoms with van der Waals surface area (Å²) in [5, 5.41) is 0. The lowest BCUT2D eigenvalue weighted by molar-refractivity contribution is 0.112. The number of imidazole rings is 1. The van der Waals surface area contributed by atoms with Gasteiger partial charge in [-0.3, -0.25) is 4.79 Å². The van der Waals surface area contributed by atoms with Crippen molar-refractivity contribution >= 4 is 6.29 Å². The highest BCUT2D eigenvalue weighted by molar-refractivity contribution is 5.79. The number of ether oxygens (including phenoxy) is 1. The van der Waals surface area contributed by atoms with E-state index < -0.39 is 0 Å². The molecule has 140 valence electrons. The van der Waals surface area contributed by atoms with Gasteiger partial charge in [0, 0.05) is 12.6 Å². The van der Waals surface area contributed by atoms with Crippen molar-refractivity contribution in [3.8, 4) is 22.8 Å².